The van der Waals surface area contributed by atoms with E-state index in [1.54, 1.807) is 6.07 Å². The molecule has 0 aliphatic heterocycles. The highest BCUT2D eigenvalue weighted by Crippen LogP contribution is 2.35. The van der Waals surface area contributed by atoms with Crippen LogP contribution in [0.15, 0.2) is 67.3 Å². The summed E-state index contributed by atoms with van der Waals surface area (Å²) in [6.07, 6.45) is -1.22. The molecule has 1 unspecified atom stereocenters. The van der Waals surface area contributed by atoms with Crippen LogP contribution in [0.5, 0.6) is 0 Å². The highest BCUT2D eigenvalue weighted by Gasteiger charge is 2.36. The number of halogens is 3. The minimum atomic E-state index is -4.43. The SMILES string of the molecule is N#CC(CCc1ccccc1C(F)(F)F)(Cn1cncn1)c1ccccc1. The fraction of sp³-hybridized carbons (Fsp3) is 0.250. The maximum atomic E-state index is 13.3. The van der Waals surface area contributed by atoms with Gasteiger partial charge in [0.2, 0.25) is 0 Å². The van der Waals surface area contributed by atoms with E-state index in [4.69, 9.17) is 0 Å². The van der Waals surface area contributed by atoms with Crippen LogP contribution in [0.4, 0.5) is 13.2 Å². The number of aromatic nitrogens is 3. The average Bonchev–Trinajstić information content (AvgIpc) is 3.18. The van der Waals surface area contributed by atoms with Gasteiger partial charge in [-0.15, -0.1) is 0 Å². The molecule has 0 aliphatic rings. The topological polar surface area (TPSA) is 54.5 Å². The average molecular weight is 370 g/mol. The molecule has 27 heavy (non-hydrogen) atoms. The van der Waals surface area contributed by atoms with Crippen LogP contribution in [-0.2, 0) is 24.6 Å². The summed E-state index contributed by atoms with van der Waals surface area (Å²) in [5.41, 5.74) is -0.759. The van der Waals surface area contributed by atoms with Crippen LogP contribution >= 0.6 is 0 Å². The largest absolute Gasteiger partial charge is 0.416 e. The van der Waals surface area contributed by atoms with Crippen molar-refractivity contribution in [3.63, 3.8) is 0 Å². The van der Waals surface area contributed by atoms with Gasteiger partial charge < -0.3 is 0 Å². The van der Waals surface area contributed by atoms with Gasteiger partial charge >= 0.3 is 6.18 Å². The van der Waals surface area contributed by atoms with E-state index in [9.17, 15) is 18.4 Å². The second kappa shape index (κ2) is 7.62. The molecule has 1 atom stereocenters. The predicted octanol–water partition coefficient (Wildman–Crippen LogP) is 4.39. The molecule has 0 fully saturated rings. The Morgan fingerprint density at radius 1 is 1.00 bits per heavy atom. The first kappa shape index (κ1) is 18.6. The van der Waals surface area contributed by atoms with E-state index >= 15 is 0 Å². The molecular weight excluding hydrogens is 353 g/mol. The molecular formula is C20H17F3N4. The number of rotatable bonds is 6. The molecule has 3 rings (SSSR count). The standard InChI is InChI=1S/C20H17F3N4/c21-20(22,23)18-9-5-4-6-16(18)10-11-19(12-24,13-27-15-25-14-26-27)17-7-2-1-3-8-17/h1-9,14-15H,10-11,13H2. The van der Waals surface area contributed by atoms with Crippen molar-refractivity contribution in [3.05, 3.63) is 83.9 Å². The number of benzene rings is 2. The molecule has 0 spiro atoms. The highest BCUT2D eigenvalue weighted by atomic mass is 19.4. The van der Waals surface area contributed by atoms with Gasteiger partial charge in [0, 0.05) is 0 Å². The third kappa shape index (κ3) is 4.17. The van der Waals surface area contributed by atoms with Crippen LogP contribution in [0.3, 0.4) is 0 Å². The first-order valence-electron chi connectivity index (χ1n) is 8.39. The number of nitriles is 1. The molecule has 0 bridgehead atoms. The zero-order valence-electron chi connectivity index (χ0n) is 14.4. The smallest absolute Gasteiger partial charge is 0.251 e. The first-order chi connectivity index (χ1) is 12.9. The minimum absolute atomic E-state index is 0.118. The lowest BCUT2D eigenvalue weighted by Gasteiger charge is -2.27. The van der Waals surface area contributed by atoms with Crippen molar-refractivity contribution in [3.8, 4) is 6.07 Å². The summed E-state index contributed by atoms with van der Waals surface area (Å²) in [5, 5.41) is 14.1. The Bertz CT molecular complexity index is 914. The summed E-state index contributed by atoms with van der Waals surface area (Å²) in [6.45, 7) is 0.210. The Hall–Kier alpha value is -3.14. The van der Waals surface area contributed by atoms with Gasteiger partial charge in [-0.2, -0.15) is 23.5 Å². The molecule has 0 N–H and O–H groups in total. The lowest BCUT2D eigenvalue weighted by atomic mass is 9.76. The van der Waals surface area contributed by atoms with Crippen LogP contribution in [0.2, 0.25) is 0 Å². The zero-order chi connectivity index (χ0) is 19.3. The molecule has 0 amide bonds. The fourth-order valence-electron chi connectivity index (χ4n) is 3.18. The molecule has 1 heterocycles. The Kier molecular flexibility index (Phi) is 5.26. The van der Waals surface area contributed by atoms with E-state index in [2.05, 4.69) is 16.2 Å². The van der Waals surface area contributed by atoms with E-state index in [1.807, 2.05) is 30.3 Å². The summed E-state index contributed by atoms with van der Waals surface area (Å²) in [5.74, 6) is 0. The van der Waals surface area contributed by atoms with Crippen molar-refractivity contribution in [2.75, 3.05) is 0 Å². The van der Waals surface area contributed by atoms with E-state index in [1.165, 1.54) is 29.5 Å². The van der Waals surface area contributed by atoms with Crippen LogP contribution < -0.4 is 0 Å². The third-order valence-electron chi connectivity index (χ3n) is 4.58. The van der Waals surface area contributed by atoms with Crippen molar-refractivity contribution in [2.45, 2.75) is 31.0 Å². The molecule has 3 aromatic rings. The number of nitrogens with zero attached hydrogens (tertiary/aromatic N) is 4. The zero-order valence-corrected chi connectivity index (χ0v) is 14.4. The second-order valence-electron chi connectivity index (χ2n) is 6.31. The van der Waals surface area contributed by atoms with Gasteiger partial charge in [0.15, 0.2) is 0 Å². The van der Waals surface area contributed by atoms with E-state index in [-0.39, 0.29) is 24.9 Å². The van der Waals surface area contributed by atoms with Crippen LogP contribution in [0.25, 0.3) is 0 Å². The van der Waals surface area contributed by atoms with Crippen molar-refractivity contribution in [2.24, 2.45) is 0 Å². The number of aryl methyl sites for hydroxylation is 1. The van der Waals surface area contributed by atoms with Gasteiger partial charge in [-0.1, -0.05) is 48.5 Å². The molecule has 7 heteroatoms. The van der Waals surface area contributed by atoms with E-state index in [0.29, 0.717) is 0 Å². The lowest BCUT2D eigenvalue weighted by Crippen LogP contribution is -2.31. The van der Waals surface area contributed by atoms with Gasteiger partial charge in [-0.3, -0.25) is 4.68 Å². The summed E-state index contributed by atoms with van der Waals surface area (Å²) < 4.78 is 41.4. The van der Waals surface area contributed by atoms with Gasteiger partial charge in [-0.25, -0.2) is 4.98 Å². The predicted molar refractivity (Wildman–Crippen MR) is 93.5 cm³/mol. The van der Waals surface area contributed by atoms with Crippen molar-refractivity contribution >= 4 is 0 Å². The van der Waals surface area contributed by atoms with Gasteiger partial charge in [0.1, 0.15) is 18.1 Å². The van der Waals surface area contributed by atoms with Gasteiger partial charge in [0.25, 0.3) is 0 Å². The minimum Gasteiger partial charge on any atom is -0.251 e. The van der Waals surface area contributed by atoms with Crippen LogP contribution in [0.1, 0.15) is 23.1 Å². The van der Waals surface area contributed by atoms with Crippen molar-refractivity contribution in [1.82, 2.24) is 14.8 Å². The van der Waals surface area contributed by atoms with Crippen LogP contribution in [0, 0.1) is 11.3 Å². The maximum Gasteiger partial charge on any atom is 0.416 e. The van der Waals surface area contributed by atoms with Crippen molar-refractivity contribution < 1.29 is 13.2 Å². The summed E-state index contributed by atoms with van der Waals surface area (Å²) in [4.78, 5) is 3.89. The first-order valence-corrected chi connectivity index (χ1v) is 8.39. The van der Waals surface area contributed by atoms with E-state index < -0.39 is 17.2 Å². The molecule has 0 saturated carbocycles. The summed E-state index contributed by atoms with van der Waals surface area (Å²) >= 11 is 0. The lowest BCUT2D eigenvalue weighted by molar-refractivity contribution is -0.138. The fourth-order valence-corrected chi connectivity index (χ4v) is 3.18. The Labute approximate surface area is 154 Å². The molecule has 0 radical (unpaired) electrons. The quantitative estimate of drug-likeness (QED) is 0.647. The van der Waals surface area contributed by atoms with Gasteiger partial charge in [0.05, 0.1) is 18.2 Å². The number of hydrogen-bond acceptors (Lipinski definition) is 3. The molecule has 4 nitrogen and oxygen atoms in total. The monoisotopic (exact) mass is 370 g/mol. The second-order valence-corrected chi connectivity index (χ2v) is 6.31. The number of hydrogen-bond donors (Lipinski definition) is 0. The van der Waals surface area contributed by atoms with Crippen LogP contribution in [-0.4, -0.2) is 14.8 Å². The normalized spacial score (nSPS) is 13.7. The highest BCUT2D eigenvalue weighted by molar-refractivity contribution is 5.35. The molecule has 2 aromatic carbocycles. The Morgan fingerprint density at radius 3 is 2.33 bits per heavy atom. The Morgan fingerprint density at radius 2 is 1.70 bits per heavy atom. The van der Waals surface area contributed by atoms with E-state index in [0.717, 1.165) is 11.6 Å². The summed E-state index contributed by atoms with van der Waals surface area (Å²) in [7, 11) is 0. The summed E-state index contributed by atoms with van der Waals surface area (Å²) in [6, 6.07) is 16.9. The molecule has 138 valence electrons. The number of alkyl halides is 3. The Balaban J connectivity index is 1.95. The van der Waals surface area contributed by atoms with Crippen molar-refractivity contribution in [1.29, 1.82) is 5.26 Å². The maximum absolute atomic E-state index is 13.3. The van der Waals surface area contributed by atoms with Gasteiger partial charge in [-0.05, 0) is 30.0 Å². The third-order valence-corrected chi connectivity index (χ3v) is 4.58. The molecule has 1 aromatic heterocycles. The molecule has 0 saturated heterocycles. The molecule has 0 aliphatic carbocycles.